The van der Waals surface area contributed by atoms with Gasteiger partial charge in [0, 0.05) is 6.04 Å². The summed E-state index contributed by atoms with van der Waals surface area (Å²) in [6.45, 7) is 1.55. The SMILES string of the molecule is CC(CC(=O)O)NS(=O)(=O)CC1CC1. The number of hydrogen-bond donors (Lipinski definition) is 2. The predicted octanol–water partition coefficient (Wildman–Crippen LogP) is 0.179. The number of rotatable bonds is 6. The van der Waals surface area contributed by atoms with Gasteiger partial charge in [0.25, 0.3) is 0 Å². The first kappa shape index (κ1) is 11.5. The molecule has 5 nitrogen and oxygen atoms in total. The Hall–Kier alpha value is -0.620. The minimum atomic E-state index is -3.28. The molecule has 14 heavy (non-hydrogen) atoms. The molecule has 0 bridgehead atoms. The molecule has 0 aromatic carbocycles. The molecule has 1 saturated carbocycles. The quantitative estimate of drug-likeness (QED) is 0.670. The molecule has 0 radical (unpaired) electrons. The second-order valence-corrected chi connectivity index (χ2v) is 5.64. The maximum absolute atomic E-state index is 11.4. The molecule has 0 aliphatic heterocycles. The van der Waals surface area contributed by atoms with Crippen LogP contribution in [0.25, 0.3) is 0 Å². The molecule has 0 heterocycles. The zero-order valence-electron chi connectivity index (χ0n) is 8.06. The van der Waals surface area contributed by atoms with Gasteiger partial charge in [0.1, 0.15) is 0 Å². The molecular weight excluding hydrogens is 206 g/mol. The first-order valence-corrected chi connectivity index (χ1v) is 6.26. The fourth-order valence-electron chi connectivity index (χ4n) is 1.25. The summed E-state index contributed by atoms with van der Waals surface area (Å²) in [6, 6.07) is -0.531. The average Bonchev–Trinajstić information content (AvgIpc) is 2.65. The minimum Gasteiger partial charge on any atom is -0.481 e. The van der Waals surface area contributed by atoms with Crippen LogP contribution in [0.3, 0.4) is 0 Å². The lowest BCUT2D eigenvalue weighted by molar-refractivity contribution is -0.137. The van der Waals surface area contributed by atoms with Crippen LogP contribution >= 0.6 is 0 Å². The van der Waals surface area contributed by atoms with E-state index in [0.717, 1.165) is 12.8 Å². The molecule has 1 aliphatic carbocycles. The number of aliphatic carboxylic acids is 1. The highest BCUT2D eigenvalue weighted by atomic mass is 32.2. The summed E-state index contributed by atoms with van der Waals surface area (Å²) in [6.07, 6.45) is 1.76. The first-order chi connectivity index (χ1) is 6.39. The van der Waals surface area contributed by atoms with Gasteiger partial charge in [-0.05, 0) is 25.7 Å². The summed E-state index contributed by atoms with van der Waals surface area (Å²) in [7, 11) is -3.28. The van der Waals surface area contributed by atoms with Crippen LogP contribution in [0.15, 0.2) is 0 Å². The van der Waals surface area contributed by atoms with Gasteiger partial charge in [-0.1, -0.05) is 0 Å². The van der Waals surface area contributed by atoms with E-state index in [4.69, 9.17) is 5.11 Å². The summed E-state index contributed by atoms with van der Waals surface area (Å²) < 4.78 is 25.1. The summed E-state index contributed by atoms with van der Waals surface area (Å²) in [4.78, 5) is 10.3. The smallest absolute Gasteiger partial charge is 0.304 e. The standard InChI is InChI=1S/C8H15NO4S/c1-6(4-8(10)11)9-14(12,13)5-7-2-3-7/h6-7,9H,2-5H2,1H3,(H,10,11). The van der Waals surface area contributed by atoms with E-state index in [0.29, 0.717) is 0 Å². The molecule has 0 spiro atoms. The normalized spacial score (nSPS) is 19.2. The first-order valence-electron chi connectivity index (χ1n) is 4.61. The Balaban J connectivity index is 2.36. The van der Waals surface area contributed by atoms with Crippen molar-refractivity contribution in [3.05, 3.63) is 0 Å². The molecule has 0 saturated heterocycles. The summed E-state index contributed by atoms with van der Waals surface area (Å²) in [5.41, 5.74) is 0. The van der Waals surface area contributed by atoms with E-state index >= 15 is 0 Å². The second kappa shape index (κ2) is 4.27. The Bertz CT molecular complexity index is 307. The van der Waals surface area contributed by atoms with Gasteiger partial charge in [0.15, 0.2) is 0 Å². The molecule has 1 aliphatic rings. The van der Waals surface area contributed by atoms with Gasteiger partial charge in [-0.25, -0.2) is 13.1 Å². The van der Waals surface area contributed by atoms with Crippen molar-refractivity contribution < 1.29 is 18.3 Å². The molecule has 1 unspecified atom stereocenters. The molecule has 0 aromatic heterocycles. The van der Waals surface area contributed by atoms with E-state index in [-0.39, 0.29) is 18.1 Å². The van der Waals surface area contributed by atoms with E-state index in [1.165, 1.54) is 0 Å². The van der Waals surface area contributed by atoms with Crippen LogP contribution in [-0.2, 0) is 14.8 Å². The number of carboxylic acid groups (broad SMARTS) is 1. The third-order valence-electron chi connectivity index (χ3n) is 2.01. The van der Waals surface area contributed by atoms with Gasteiger partial charge in [-0.15, -0.1) is 0 Å². The van der Waals surface area contributed by atoms with Gasteiger partial charge in [-0.2, -0.15) is 0 Å². The molecule has 6 heteroatoms. The predicted molar refractivity (Wildman–Crippen MR) is 51.4 cm³/mol. The maximum Gasteiger partial charge on any atom is 0.304 e. The van der Waals surface area contributed by atoms with Crippen LogP contribution < -0.4 is 4.72 Å². The third-order valence-corrected chi connectivity index (χ3v) is 3.69. The van der Waals surface area contributed by atoms with Crippen molar-refractivity contribution in [2.24, 2.45) is 5.92 Å². The molecule has 0 aromatic rings. The molecule has 2 N–H and O–H groups in total. The van der Waals surface area contributed by atoms with Crippen LogP contribution in [0.4, 0.5) is 0 Å². The van der Waals surface area contributed by atoms with Crippen molar-refractivity contribution in [2.45, 2.75) is 32.2 Å². The van der Waals surface area contributed by atoms with Crippen molar-refractivity contribution in [3.8, 4) is 0 Å². The average molecular weight is 221 g/mol. The van der Waals surface area contributed by atoms with E-state index in [2.05, 4.69) is 4.72 Å². The Morgan fingerprint density at radius 3 is 2.57 bits per heavy atom. The third kappa shape index (κ3) is 4.57. The lowest BCUT2D eigenvalue weighted by Crippen LogP contribution is -2.36. The van der Waals surface area contributed by atoms with Gasteiger partial charge in [0.05, 0.1) is 12.2 Å². The highest BCUT2D eigenvalue weighted by molar-refractivity contribution is 7.89. The number of hydrogen-bond acceptors (Lipinski definition) is 3. The summed E-state index contributed by atoms with van der Waals surface area (Å²) in [5, 5.41) is 8.44. The molecule has 1 atom stereocenters. The van der Waals surface area contributed by atoms with E-state index in [9.17, 15) is 13.2 Å². The monoisotopic (exact) mass is 221 g/mol. The fraction of sp³-hybridized carbons (Fsp3) is 0.875. The van der Waals surface area contributed by atoms with E-state index in [1.54, 1.807) is 6.92 Å². The number of nitrogens with one attached hydrogen (secondary N) is 1. The zero-order valence-corrected chi connectivity index (χ0v) is 8.88. The highest BCUT2D eigenvalue weighted by Gasteiger charge is 2.28. The van der Waals surface area contributed by atoms with Crippen LogP contribution in [0.5, 0.6) is 0 Å². The fourth-order valence-corrected chi connectivity index (χ4v) is 3.00. The maximum atomic E-state index is 11.4. The zero-order chi connectivity index (χ0) is 10.8. The van der Waals surface area contributed by atoms with Crippen LogP contribution in [0.2, 0.25) is 0 Å². The lowest BCUT2D eigenvalue weighted by atomic mass is 10.3. The Labute approximate surface area is 83.6 Å². The van der Waals surface area contributed by atoms with E-state index < -0.39 is 22.0 Å². The summed E-state index contributed by atoms with van der Waals surface area (Å²) in [5.74, 6) is -0.576. The van der Waals surface area contributed by atoms with Crippen LogP contribution in [-0.4, -0.2) is 31.3 Å². The van der Waals surface area contributed by atoms with Gasteiger partial charge in [-0.3, -0.25) is 4.79 Å². The van der Waals surface area contributed by atoms with Crippen molar-refractivity contribution in [1.82, 2.24) is 4.72 Å². The Morgan fingerprint density at radius 2 is 2.14 bits per heavy atom. The Morgan fingerprint density at radius 1 is 1.57 bits per heavy atom. The molecule has 0 amide bonds. The van der Waals surface area contributed by atoms with Crippen molar-refractivity contribution in [2.75, 3.05) is 5.75 Å². The minimum absolute atomic E-state index is 0.136. The topological polar surface area (TPSA) is 83.5 Å². The second-order valence-electron chi connectivity index (χ2n) is 3.84. The highest BCUT2D eigenvalue weighted by Crippen LogP contribution is 2.29. The van der Waals surface area contributed by atoms with Crippen molar-refractivity contribution in [1.29, 1.82) is 0 Å². The number of carboxylic acids is 1. The molecular formula is C8H15NO4S. The molecule has 1 rings (SSSR count). The number of sulfonamides is 1. The van der Waals surface area contributed by atoms with Gasteiger partial charge in [0.2, 0.25) is 10.0 Å². The van der Waals surface area contributed by atoms with Gasteiger partial charge < -0.3 is 5.11 Å². The summed E-state index contributed by atoms with van der Waals surface area (Å²) >= 11 is 0. The Kier molecular flexibility index (Phi) is 3.49. The molecule has 1 fully saturated rings. The number of carbonyl (C=O) groups is 1. The lowest BCUT2D eigenvalue weighted by Gasteiger charge is -2.11. The van der Waals surface area contributed by atoms with E-state index in [1.807, 2.05) is 0 Å². The van der Waals surface area contributed by atoms with Crippen molar-refractivity contribution >= 4 is 16.0 Å². The van der Waals surface area contributed by atoms with Gasteiger partial charge >= 0.3 is 5.97 Å². The molecule has 82 valence electrons. The van der Waals surface area contributed by atoms with Crippen LogP contribution in [0, 0.1) is 5.92 Å². The van der Waals surface area contributed by atoms with Crippen LogP contribution in [0.1, 0.15) is 26.2 Å². The largest absolute Gasteiger partial charge is 0.481 e. The van der Waals surface area contributed by atoms with Crippen molar-refractivity contribution in [3.63, 3.8) is 0 Å².